The van der Waals surface area contributed by atoms with Gasteiger partial charge in [-0.25, -0.2) is 9.97 Å². The van der Waals surface area contributed by atoms with E-state index in [1.807, 2.05) is 12.4 Å². The number of hydrogen-bond donors (Lipinski definition) is 0. The monoisotopic (exact) mass is 337 g/mol. The van der Waals surface area contributed by atoms with Gasteiger partial charge in [-0.3, -0.25) is 0 Å². The molecule has 0 bridgehead atoms. The molecule has 0 radical (unpaired) electrons. The quantitative estimate of drug-likeness (QED) is 0.625. The number of nitrogens with zero attached hydrogens (tertiary/aromatic N) is 3. The molecular formula is C10H13ClIN3. The highest BCUT2D eigenvalue weighted by Crippen LogP contribution is 2.27. The van der Waals surface area contributed by atoms with Crippen molar-refractivity contribution in [2.45, 2.75) is 25.3 Å². The lowest BCUT2D eigenvalue weighted by molar-refractivity contribution is 0.386. The molecule has 0 N–H and O–H groups in total. The van der Waals surface area contributed by atoms with Gasteiger partial charge in [0, 0.05) is 34.4 Å². The van der Waals surface area contributed by atoms with E-state index in [4.69, 9.17) is 11.6 Å². The van der Waals surface area contributed by atoms with Crippen LogP contribution >= 0.6 is 34.2 Å². The van der Waals surface area contributed by atoms with Gasteiger partial charge in [0.1, 0.15) is 0 Å². The van der Waals surface area contributed by atoms with Crippen molar-refractivity contribution in [3.63, 3.8) is 0 Å². The molecule has 1 aliphatic carbocycles. The molecule has 1 fully saturated rings. The molecule has 1 aromatic heterocycles. The fraction of sp³-hybridized carbons (Fsp3) is 0.600. The van der Waals surface area contributed by atoms with E-state index in [1.54, 1.807) is 0 Å². The van der Waals surface area contributed by atoms with Crippen molar-refractivity contribution in [2.75, 3.05) is 17.3 Å². The van der Waals surface area contributed by atoms with Crippen LogP contribution in [0.2, 0.25) is 0 Å². The Morgan fingerprint density at radius 2 is 2.07 bits per heavy atom. The molecule has 1 heterocycles. The van der Waals surface area contributed by atoms with Crippen LogP contribution in [0.3, 0.4) is 0 Å². The maximum Gasteiger partial charge on any atom is 0.225 e. The summed E-state index contributed by atoms with van der Waals surface area (Å²) in [5.74, 6) is 1.45. The Labute approximate surface area is 108 Å². The predicted octanol–water partition coefficient (Wildman–Crippen LogP) is 2.68. The summed E-state index contributed by atoms with van der Waals surface area (Å²) in [6.45, 7) is 0.840. The fourth-order valence-corrected chi connectivity index (χ4v) is 2.15. The number of rotatable bonds is 4. The third-order valence-electron chi connectivity index (χ3n) is 2.70. The van der Waals surface area contributed by atoms with Crippen LogP contribution in [0.15, 0.2) is 12.4 Å². The zero-order chi connectivity index (χ0) is 10.7. The molecule has 0 saturated heterocycles. The summed E-state index contributed by atoms with van der Waals surface area (Å²) in [4.78, 5) is 10.9. The van der Waals surface area contributed by atoms with E-state index in [1.165, 1.54) is 19.3 Å². The molecule has 3 nitrogen and oxygen atoms in total. The summed E-state index contributed by atoms with van der Waals surface area (Å²) in [5, 5.41) is 0. The highest BCUT2D eigenvalue weighted by atomic mass is 127. The predicted molar refractivity (Wildman–Crippen MR) is 70.5 cm³/mol. The summed E-state index contributed by atoms with van der Waals surface area (Å²) in [5.41, 5.74) is 0. The minimum Gasteiger partial charge on any atom is -0.337 e. The van der Waals surface area contributed by atoms with Gasteiger partial charge in [0.05, 0.1) is 0 Å². The molecule has 1 aliphatic rings. The van der Waals surface area contributed by atoms with Crippen molar-refractivity contribution in [3.8, 4) is 0 Å². The van der Waals surface area contributed by atoms with E-state index in [0.29, 0.717) is 11.9 Å². The Balaban J connectivity index is 2.12. The van der Waals surface area contributed by atoms with Crippen molar-refractivity contribution in [3.05, 3.63) is 16.0 Å². The maximum absolute atomic E-state index is 5.80. The fourth-order valence-electron chi connectivity index (χ4n) is 1.69. The molecule has 5 heteroatoms. The molecule has 15 heavy (non-hydrogen) atoms. The van der Waals surface area contributed by atoms with Crippen molar-refractivity contribution in [2.24, 2.45) is 0 Å². The average molecular weight is 338 g/mol. The lowest BCUT2D eigenvalue weighted by Gasteiger charge is -2.37. The highest BCUT2D eigenvalue weighted by Gasteiger charge is 2.26. The topological polar surface area (TPSA) is 29.0 Å². The van der Waals surface area contributed by atoms with Gasteiger partial charge in [-0.1, -0.05) is 0 Å². The zero-order valence-corrected chi connectivity index (χ0v) is 11.3. The Morgan fingerprint density at radius 3 is 2.53 bits per heavy atom. The molecule has 0 aliphatic heterocycles. The van der Waals surface area contributed by atoms with E-state index in [-0.39, 0.29) is 0 Å². The van der Waals surface area contributed by atoms with E-state index in [9.17, 15) is 0 Å². The molecule has 82 valence electrons. The van der Waals surface area contributed by atoms with Crippen LogP contribution in [0, 0.1) is 3.57 Å². The van der Waals surface area contributed by atoms with Crippen molar-refractivity contribution in [1.82, 2.24) is 9.97 Å². The SMILES string of the molecule is ClCCN(c1ncc(I)cn1)C1CCC1. The van der Waals surface area contributed by atoms with Gasteiger partial charge in [-0.05, 0) is 41.9 Å². The molecule has 2 rings (SSSR count). The second-order valence-electron chi connectivity index (χ2n) is 3.67. The van der Waals surface area contributed by atoms with E-state index >= 15 is 0 Å². The van der Waals surface area contributed by atoms with Crippen LogP contribution in [-0.4, -0.2) is 28.4 Å². The van der Waals surface area contributed by atoms with Crippen LogP contribution in [-0.2, 0) is 0 Å². The van der Waals surface area contributed by atoms with Gasteiger partial charge < -0.3 is 4.90 Å². The first-order valence-electron chi connectivity index (χ1n) is 5.11. The van der Waals surface area contributed by atoms with Crippen LogP contribution in [0.5, 0.6) is 0 Å². The maximum atomic E-state index is 5.80. The number of hydrogen-bond acceptors (Lipinski definition) is 3. The lowest BCUT2D eigenvalue weighted by atomic mass is 9.92. The Kier molecular flexibility index (Phi) is 4.02. The molecule has 0 amide bonds. The average Bonchev–Trinajstić information content (AvgIpc) is 2.16. The molecule has 0 aromatic carbocycles. The smallest absolute Gasteiger partial charge is 0.225 e. The van der Waals surface area contributed by atoms with Crippen LogP contribution in [0.1, 0.15) is 19.3 Å². The first-order chi connectivity index (χ1) is 7.31. The summed E-state index contributed by atoms with van der Waals surface area (Å²) >= 11 is 8.02. The minimum absolute atomic E-state index is 0.601. The van der Waals surface area contributed by atoms with Gasteiger partial charge in [0.15, 0.2) is 0 Å². The van der Waals surface area contributed by atoms with Crippen LogP contribution in [0.25, 0.3) is 0 Å². The number of anilines is 1. The summed E-state index contributed by atoms with van der Waals surface area (Å²) in [6, 6.07) is 0.601. The van der Waals surface area contributed by atoms with Crippen LogP contribution in [0.4, 0.5) is 5.95 Å². The molecular weight excluding hydrogens is 324 g/mol. The molecule has 0 unspecified atom stereocenters. The van der Waals surface area contributed by atoms with Gasteiger partial charge in [-0.15, -0.1) is 11.6 Å². The Bertz CT molecular complexity index is 313. The third kappa shape index (κ3) is 2.72. The van der Waals surface area contributed by atoms with Gasteiger partial charge in [-0.2, -0.15) is 0 Å². The summed E-state index contributed by atoms with van der Waals surface area (Å²) in [7, 11) is 0. The van der Waals surface area contributed by atoms with Gasteiger partial charge in [0.2, 0.25) is 5.95 Å². The minimum atomic E-state index is 0.601. The van der Waals surface area contributed by atoms with Gasteiger partial charge in [0.25, 0.3) is 0 Å². The second-order valence-corrected chi connectivity index (χ2v) is 5.29. The zero-order valence-electron chi connectivity index (χ0n) is 8.37. The number of alkyl halides is 1. The number of aromatic nitrogens is 2. The van der Waals surface area contributed by atoms with Gasteiger partial charge >= 0.3 is 0 Å². The Hall–Kier alpha value is -0.100. The second kappa shape index (κ2) is 5.30. The lowest BCUT2D eigenvalue weighted by Crippen LogP contribution is -2.42. The standard InChI is InChI=1S/C10H13ClIN3/c11-4-5-15(9-2-1-3-9)10-13-6-8(12)7-14-10/h6-7,9H,1-5H2. The number of halogens is 2. The third-order valence-corrected chi connectivity index (χ3v) is 3.43. The summed E-state index contributed by atoms with van der Waals surface area (Å²) < 4.78 is 1.07. The molecule has 0 atom stereocenters. The molecule has 1 aromatic rings. The first-order valence-corrected chi connectivity index (χ1v) is 6.73. The first kappa shape index (κ1) is 11.4. The highest BCUT2D eigenvalue weighted by molar-refractivity contribution is 14.1. The van der Waals surface area contributed by atoms with Crippen molar-refractivity contribution in [1.29, 1.82) is 0 Å². The molecule has 1 saturated carbocycles. The largest absolute Gasteiger partial charge is 0.337 e. The normalized spacial score (nSPS) is 16.1. The van der Waals surface area contributed by atoms with Crippen molar-refractivity contribution >= 4 is 40.1 Å². The van der Waals surface area contributed by atoms with Crippen LogP contribution < -0.4 is 4.90 Å². The molecule has 0 spiro atoms. The van der Waals surface area contributed by atoms with E-state index in [2.05, 4.69) is 37.5 Å². The van der Waals surface area contributed by atoms with Crippen molar-refractivity contribution < 1.29 is 0 Å². The van der Waals surface area contributed by atoms with E-state index < -0.39 is 0 Å². The van der Waals surface area contributed by atoms with E-state index in [0.717, 1.165) is 16.1 Å². The summed E-state index contributed by atoms with van der Waals surface area (Å²) in [6.07, 6.45) is 7.50. The Morgan fingerprint density at radius 1 is 1.40 bits per heavy atom.